The highest BCUT2D eigenvalue weighted by Gasteiger charge is 2.26. The molecule has 158 valence electrons. The summed E-state index contributed by atoms with van der Waals surface area (Å²) in [5.74, 6) is -1.48. The third-order valence-electron chi connectivity index (χ3n) is 4.72. The maximum Gasteiger partial charge on any atom is 0.322 e. The van der Waals surface area contributed by atoms with Crippen molar-refractivity contribution in [1.29, 1.82) is 0 Å². The number of aliphatic carboxylic acids is 1. The van der Waals surface area contributed by atoms with Crippen LogP contribution in [0.5, 0.6) is 0 Å². The van der Waals surface area contributed by atoms with E-state index >= 15 is 0 Å². The zero-order valence-corrected chi connectivity index (χ0v) is 17.8. The number of imidazole rings is 1. The van der Waals surface area contributed by atoms with Crippen molar-refractivity contribution in [1.82, 2.24) is 19.2 Å². The van der Waals surface area contributed by atoms with Crippen LogP contribution in [0.1, 0.15) is 26.2 Å². The molecule has 0 atom stereocenters. The minimum absolute atomic E-state index is 0.0233. The van der Waals surface area contributed by atoms with Gasteiger partial charge in [-0.3, -0.25) is 9.59 Å². The normalized spacial score (nSPS) is 15.5. The Morgan fingerprint density at radius 3 is 2.62 bits per heavy atom. The van der Waals surface area contributed by atoms with Gasteiger partial charge in [0.2, 0.25) is 15.9 Å². The van der Waals surface area contributed by atoms with Crippen molar-refractivity contribution < 1.29 is 23.1 Å². The second kappa shape index (κ2) is 9.14. The van der Waals surface area contributed by atoms with Crippen molar-refractivity contribution in [3.05, 3.63) is 18.2 Å². The molecule has 0 radical (unpaired) electrons. The number of piperidine rings is 1. The van der Waals surface area contributed by atoms with E-state index in [1.165, 1.54) is 16.1 Å². The first-order valence-corrected chi connectivity index (χ1v) is 11.9. The number of rotatable bonds is 8. The number of amides is 1. The summed E-state index contributed by atoms with van der Waals surface area (Å²) in [5.41, 5.74) is 1.34. The van der Waals surface area contributed by atoms with Gasteiger partial charge < -0.3 is 15.0 Å². The van der Waals surface area contributed by atoms with E-state index in [-0.39, 0.29) is 10.6 Å². The van der Waals surface area contributed by atoms with Crippen LogP contribution in [0.2, 0.25) is 0 Å². The number of sulfonamides is 1. The molecule has 0 spiro atoms. The summed E-state index contributed by atoms with van der Waals surface area (Å²) in [6, 6.07) is 4.94. The minimum atomic E-state index is -3.55. The van der Waals surface area contributed by atoms with Crippen LogP contribution >= 0.6 is 11.8 Å². The molecule has 2 N–H and O–H groups in total. The van der Waals surface area contributed by atoms with Crippen molar-refractivity contribution in [2.24, 2.45) is 0 Å². The molecule has 11 heteroatoms. The van der Waals surface area contributed by atoms with Crippen LogP contribution in [-0.2, 0) is 26.2 Å². The molecule has 1 saturated heterocycles. The van der Waals surface area contributed by atoms with Crippen molar-refractivity contribution in [3.63, 3.8) is 0 Å². The number of nitrogens with zero attached hydrogens (tertiary/aromatic N) is 3. The van der Waals surface area contributed by atoms with Crippen molar-refractivity contribution >= 4 is 44.7 Å². The number of fused-ring (bicyclic) bond motifs is 1. The molecule has 2 heterocycles. The molecule has 2 aromatic rings. The lowest BCUT2D eigenvalue weighted by atomic mass is 10.2. The number of aryl methyl sites for hydroxylation is 1. The van der Waals surface area contributed by atoms with Gasteiger partial charge in [0.1, 0.15) is 6.54 Å². The van der Waals surface area contributed by atoms with Crippen molar-refractivity contribution in [2.75, 3.05) is 25.4 Å². The monoisotopic (exact) mass is 440 g/mol. The van der Waals surface area contributed by atoms with E-state index in [1.807, 2.05) is 11.5 Å². The van der Waals surface area contributed by atoms with E-state index in [0.717, 1.165) is 24.8 Å². The quantitative estimate of drug-likeness (QED) is 0.597. The first-order valence-electron chi connectivity index (χ1n) is 9.44. The van der Waals surface area contributed by atoms with Crippen LogP contribution in [0.4, 0.5) is 0 Å². The average Bonchev–Trinajstić information content (AvgIpc) is 3.08. The number of carbonyl (C=O) groups excluding carboxylic acids is 1. The fraction of sp³-hybridized carbons (Fsp3) is 0.500. The molecule has 1 aliphatic rings. The van der Waals surface area contributed by atoms with Gasteiger partial charge in [-0.1, -0.05) is 18.2 Å². The number of nitrogens with one attached hydrogen (secondary N) is 1. The van der Waals surface area contributed by atoms with Gasteiger partial charge in [0, 0.05) is 19.6 Å². The number of aromatic nitrogens is 2. The van der Waals surface area contributed by atoms with Crippen LogP contribution < -0.4 is 5.32 Å². The fourth-order valence-electron chi connectivity index (χ4n) is 3.27. The largest absolute Gasteiger partial charge is 0.480 e. The predicted octanol–water partition coefficient (Wildman–Crippen LogP) is 1.52. The molecule has 0 saturated carbocycles. The summed E-state index contributed by atoms with van der Waals surface area (Å²) < 4.78 is 29.3. The SMILES string of the molecule is CCn1c(SCC(=O)NCC(=O)O)nc2cc(S(=O)(=O)N3CCCCC3)ccc21. The lowest BCUT2D eigenvalue weighted by Crippen LogP contribution is -2.35. The van der Waals surface area contributed by atoms with Gasteiger partial charge in [-0.15, -0.1) is 0 Å². The first-order chi connectivity index (χ1) is 13.8. The van der Waals surface area contributed by atoms with Crippen LogP contribution in [-0.4, -0.2) is 64.6 Å². The Kier molecular flexibility index (Phi) is 6.81. The summed E-state index contributed by atoms with van der Waals surface area (Å²) in [5, 5.41) is 11.5. The van der Waals surface area contributed by atoms with E-state index in [2.05, 4.69) is 10.3 Å². The first kappa shape index (κ1) is 21.6. The van der Waals surface area contributed by atoms with Gasteiger partial charge in [0.15, 0.2) is 5.16 Å². The van der Waals surface area contributed by atoms with Crippen molar-refractivity contribution in [3.8, 4) is 0 Å². The summed E-state index contributed by atoms with van der Waals surface area (Å²) in [6.45, 7) is 3.19. The van der Waals surface area contributed by atoms with E-state index in [4.69, 9.17) is 5.11 Å². The number of benzene rings is 1. The number of carboxylic acids is 1. The molecule has 0 bridgehead atoms. The molecule has 0 unspecified atom stereocenters. The second-order valence-electron chi connectivity index (χ2n) is 6.71. The highest BCUT2D eigenvalue weighted by molar-refractivity contribution is 7.99. The van der Waals surface area contributed by atoms with Crippen LogP contribution in [0.25, 0.3) is 11.0 Å². The summed E-state index contributed by atoms with van der Waals surface area (Å²) in [7, 11) is -3.55. The number of carbonyl (C=O) groups is 2. The molecule has 1 fully saturated rings. The Hall–Kier alpha value is -2.11. The van der Waals surface area contributed by atoms with E-state index in [0.29, 0.717) is 30.3 Å². The lowest BCUT2D eigenvalue weighted by Gasteiger charge is -2.25. The molecule has 1 aromatic heterocycles. The molecule has 1 aliphatic heterocycles. The molecular weight excluding hydrogens is 416 g/mol. The molecule has 3 rings (SSSR count). The highest BCUT2D eigenvalue weighted by Crippen LogP contribution is 2.28. The third-order valence-corrected chi connectivity index (χ3v) is 7.59. The average molecular weight is 441 g/mol. The molecule has 29 heavy (non-hydrogen) atoms. The fourth-order valence-corrected chi connectivity index (χ4v) is 5.72. The standard InChI is InChI=1S/C18H24N4O5S2/c1-2-22-15-7-6-13(29(26,27)21-8-4-3-5-9-21)10-14(15)20-18(22)28-12-16(23)19-11-17(24)25/h6-7,10H,2-5,8-9,11-12H2,1H3,(H,19,23)(H,24,25). The summed E-state index contributed by atoms with van der Waals surface area (Å²) in [6.07, 6.45) is 2.79. The van der Waals surface area contributed by atoms with E-state index in [9.17, 15) is 18.0 Å². The highest BCUT2D eigenvalue weighted by atomic mass is 32.2. The number of hydrogen-bond donors (Lipinski definition) is 2. The van der Waals surface area contributed by atoms with Gasteiger partial charge in [0.05, 0.1) is 21.7 Å². The Morgan fingerprint density at radius 1 is 1.24 bits per heavy atom. The van der Waals surface area contributed by atoms with Gasteiger partial charge in [-0.25, -0.2) is 13.4 Å². The Bertz CT molecular complexity index is 1010. The molecule has 0 aliphatic carbocycles. The van der Waals surface area contributed by atoms with Gasteiger partial charge in [-0.2, -0.15) is 4.31 Å². The van der Waals surface area contributed by atoms with E-state index < -0.39 is 28.4 Å². The number of hydrogen-bond acceptors (Lipinski definition) is 6. The van der Waals surface area contributed by atoms with Gasteiger partial charge in [-0.05, 0) is 38.0 Å². The zero-order chi connectivity index (χ0) is 21.0. The lowest BCUT2D eigenvalue weighted by molar-refractivity contribution is -0.137. The zero-order valence-electron chi connectivity index (χ0n) is 16.1. The third kappa shape index (κ3) is 4.90. The second-order valence-corrected chi connectivity index (χ2v) is 9.59. The Labute approximate surface area is 173 Å². The molecule has 1 amide bonds. The molecule has 9 nitrogen and oxygen atoms in total. The predicted molar refractivity (Wildman–Crippen MR) is 109 cm³/mol. The summed E-state index contributed by atoms with van der Waals surface area (Å²) >= 11 is 1.19. The van der Waals surface area contributed by atoms with Crippen LogP contribution in [0.3, 0.4) is 0 Å². The van der Waals surface area contributed by atoms with Crippen molar-refractivity contribution in [2.45, 2.75) is 42.8 Å². The van der Waals surface area contributed by atoms with Crippen LogP contribution in [0.15, 0.2) is 28.3 Å². The maximum absolute atomic E-state index is 12.9. The van der Waals surface area contributed by atoms with E-state index in [1.54, 1.807) is 18.2 Å². The minimum Gasteiger partial charge on any atom is -0.480 e. The Morgan fingerprint density at radius 2 is 1.97 bits per heavy atom. The Balaban J connectivity index is 1.82. The van der Waals surface area contributed by atoms with Gasteiger partial charge >= 0.3 is 5.97 Å². The van der Waals surface area contributed by atoms with Gasteiger partial charge in [0.25, 0.3) is 0 Å². The number of carboxylic acid groups (broad SMARTS) is 1. The number of thioether (sulfide) groups is 1. The van der Waals surface area contributed by atoms with Crippen LogP contribution in [0, 0.1) is 0 Å². The molecular formula is C18H24N4O5S2. The smallest absolute Gasteiger partial charge is 0.322 e. The topological polar surface area (TPSA) is 122 Å². The molecule has 1 aromatic carbocycles. The maximum atomic E-state index is 12.9. The summed E-state index contributed by atoms with van der Waals surface area (Å²) in [4.78, 5) is 27.1.